The molecule has 0 radical (unpaired) electrons. The minimum Gasteiger partial charge on any atom is -0.445 e. The zero-order valence-corrected chi connectivity index (χ0v) is 15.5. The van der Waals surface area contributed by atoms with Crippen LogP contribution in [0, 0.1) is 0 Å². The standard InChI is InChI=1S/C21H22N4O3/c26-19(15-25-11-5-9-22-21(25)27)24-10-4-8-17(14-24)20-23-13-18(28-20)12-16-6-2-1-3-7-16/h1-3,5-7,9,11,13,17H,4,8,10,12,14-15H2/t17-/m1/s1. The first kappa shape index (κ1) is 18.2. The maximum Gasteiger partial charge on any atom is 0.347 e. The number of carbonyl (C=O) groups is 1. The van der Waals surface area contributed by atoms with E-state index < -0.39 is 5.69 Å². The topological polar surface area (TPSA) is 81.2 Å². The van der Waals surface area contributed by atoms with Crippen LogP contribution in [0.15, 0.2) is 64.2 Å². The second kappa shape index (κ2) is 8.21. The SMILES string of the molecule is O=C(Cn1cccnc1=O)N1CCC[C@@H](c2ncc(Cc3ccccc3)o2)C1. The van der Waals surface area contributed by atoms with Gasteiger partial charge in [-0.25, -0.2) is 14.8 Å². The molecule has 0 spiro atoms. The van der Waals surface area contributed by atoms with Crippen molar-refractivity contribution in [2.75, 3.05) is 13.1 Å². The highest BCUT2D eigenvalue weighted by molar-refractivity contribution is 5.76. The molecule has 1 amide bonds. The molecule has 1 saturated heterocycles. The second-order valence-electron chi connectivity index (χ2n) is 7.04. The molecular formula is C21H22N4O3. The summed E-state index contributed by atoms with van der Waals surface area (Å²) in [6.07, 6.45) is 7.30. The van der Waals surface area contributed by atoms with Crippen molar-refractivity contribution in [2.45, 2.75) is 31.7 Å². The van der Waals surface area contributed by atoms with Gasteiger partial charge in [-0.05, 0) is 24.5 Å². The summed E-state index contributed by atoms with van der Waals surface area (Å²) in [7, 11) is 0. The zero-order chi connectivity index (χ0) is 19.3. The predicted molar refractivity (Wildman–Crippen MR) is 103 cm³/mol. The summed E-state index contributed by atoms with van der Waals surface area (Å²) >= 11 is 0. The zero-order valence-electron chi connectivity index (χ0n) is 15.5. The van der Waals surface area contributed by atoms with Crippen molar-refractivity contribution in [3.63, 3.8) is 0 Å². The van der Waals surface area contributed by atoms with Crippen LogP contribution in [0.5, 0.6) is 0 Å². The number of likely N-dealkylation sites (tertiary alicyclic amines) is 1. The summed E-state index contributed by atoms with van der Waals surface area (Å²) in [5.41, 5.74) is 0.759. The van der Waals surface area contributed by atoms with E-state index in [2.05, 4.69) is 22.1 Å². The largest absolute Gasteiger partial charge is 0.445 e. The first-order valence-corrected chi connectivity index (χ1v) is 9.47. The highest BCUT2D eigenvalue weighted by Gasteiger charge is 2.28. The molecule has 1 aliphatic rings. The van der Waals surface area contributed by atoms with Gasteiger partial charge in [0.15, 0.2) is 5.89 Å². The number of hydrogen-bond acceptors (Lipinski definition) is 5. The third-order valence-corrected chi connectivity index (χ3v) is 5.00. The molecule has 7 heteroatoms. The number of aromatic nitrogens is 3. The van der Waals surface area contributed by atoms with Crippen molar-refractivity contribution in [1.29, 1.82) is 0 Å². The van der Waals surface area contributed by atoms with Gasteiger partial charge in [-0.15, -0.1) is 0 Å². The van der Waals surface area contributed by atoms with Gasteiger partial charge in [0.05, 0.1) is 12.1 Å². The molecule has 144 valence electrons. The summed E-state index contributed by atoms with van der Waals surface area (Å²) in [6.45, 7) is 1.24. The maximum absolute atomic E-state index is 12.6. The third kappa shape index (κ3) is 4.19. The van der Waals surface area contributed by atoms with Crippen LogP contribution in [-0.4, -0.2) is 38.4 Å². The Balaban J connectivity index is 1.40. The van der Waals surface area contributed by atoms with E-state index in [1.807, 2.05) is 18.2 Å². The minimum absolute atomic E-state index is 0.00420. The molecule has 3 heterocycles. The van der Waals surface area contributed by atoms with Gasteiger partial charge in [-0.2, -0.15) is 0 Å². The predicted octanol–water partition coefficient (Wildman–Crippen LogP) is 2.23. The Kier molecular flexibility index (Phi) is 5.32. The molecule has 1 aliphatic heterocycles. The number of oxazole rings is 1. The van der Waals surface area contributed by atoms with Gasteiger partial charge in [-0.3, -0.25) is 9.36 Å². The van der Waals surface area contributed by atoms with E-state index in [9.17, 15) is 9.59 Å². The third-order valence-electron chi connectivity index (χ3n) is 5.00. The number of amides is 1. The Bertz CT molecular complexity index is 996. The van der Waals surface area contributed by atoms with Crippen molar-refractivity contribution in [3.05, 3.63) is 82.7 Å². The number of carbonyl (C=O) groups excluding carboxylic acids is 1. The lowest BCUT2D eigenvalue weighted by Crippen LogP contribution is -2.42. The fourth-order valence-corrected chi connectivity index (χ4v) is 3.55. The van der Waals surface area contributed by atoms with Crippen LogP contribution < -0.4 is 5.69 Å². The van der Waals surface area contributed by atoms with E-state index in [1.54, 1.807) is 23.4 Å². The van der Waals surface area contributed by atoms with Crippen molar-refractivity contribution < 1.29 is 9.21 Å². The molecule has 1 fully saturated rings. The Morgan fingerprint density at radius 1 is 1.18 bits per heavy atom. The van der Waals surface area contributed by atoms with Gasteiger partial charge in [0.25, 0.3) is 0 Å². The number of benzene rings is 1. The van der Waals surface area contributed by atoms with Gasteiger partial charge >= 0.3 is 5.69 Å². The molecule has 0 aliphatic carbocycles. The highest BCUT2D eigenvalue weighted by atomic mass is 16.4. The van der Waals surface area contributed by atoms with Gasteiger partial charge in [0, 0.05) is 31.9 Å². The van der Waals surface area contributed by atoms with E-state index in [1.165, 1.54) is 16.3 Å². The molecule has 1 aromatic carbocycles. The lowest BCUT2D eigenvalue weighted by molar-refractivity contribution is -0.133. The first-order chi connectivity index (χ1) is 13.7. The summed E-state index contributed by atoms with van der Waals surface area (Å²) in [6, 6.07) is 11.8. The van der Waals surface area contributed by atoms with Crippen molar-refractivity contribution in [2.24, 2.45) is 0 Å². The average Bonchev–Trinajstić information content (AvgIpc) is 3.19. The molecule has 0 N–H and O–H groups in total. The molecule has 2 aromatic heterocycles. The molecule has 3 aromatic rings. The number of hydrogen-bond donors (Lipinski definition) is 0. The van der Waals surface area contributed by atoms with Crippen LogP contribution in [0.1, 0.15) is 36.0 Å². The van der Waals surface area contributed by atoms with Crippen LogP contribution in [0.25, 0.3) is 0 Å². The summed E-state index contributed by atoms with van der Waals surface area (Å²) in [5.74, 6) is 1.50. The Morgan fingerprint density at radius 3 is 2.86 bits per heavy atom. The van der Waals surface area contributed by atoms with Gasteiger partial charge in [0.1, 0.15) is 12.3 Å². The van der Waals surface area contributed by atoms with E-state index >= 15 is 0 Å². The van der Waals surface area contributed by atoms with Gasteiger partial charge in [0.2, 0.25) is 5.91 Å². The molecule has 0 bridgehead atoms. The molecule has 28 heavy (non-hydrogen) atoms. The van der Waals surface area contributed by atoms with Crippen LogP contribution in [0.4, 0.5) is 0 Å². The lowest BCUT2D eigenvalue weighted by atomic mass is 9.98. The summed E-state index contributed by atoms with van der Waals surface area (Å²) in [4.78, 5) is 34.3. The number of rotatable bonds is 5. The summed E-state index contributed by atoms with van der Waals surface area (Å²) < 4.78 is 7.31. The van der Waals surface area contributed by atoms with E-state index in [0.29, 0.717) is 25.4 Å². The molecule has 0 saturated carbocycles. The monoisotopic (exact) mass is 378 g/mol. The number of nitrogens with zero attached hydrogens (tertiary/aromatic N) is 4. The molecule has 7 nitrogen and oxygen atoms in total. The lowest BCUT2D eigenvalue weighted by Gasteiger charge is -2.31. The van der Waals surface area contributed by atoms with E-state index in [0.717, 1.165) is 18.6 Å². The average molecular weight is 378 g/mol. The van der Waals surface area contributed by atoms with Gasteiger partial charge < -0.3 is 9.32 Å². The van der Waals surface area contributed by atoms with Crippen molar-refractivity contribution >= 4 is 5.91 Å². The first-order valence-electron chi connectivity index (χ1n) is 9.47. The second-order valence-corrected chi connectivity index (χ2v) is 7.04. The number of piperidine rings is 1. The molecule has 0 unspecified atom stereocenters. The minimum atomic E-state index is -0.414. The Morgan fingerprint density at radius 2 is 2.04 bits per heavy atom. The van der Waals surface area contributed by atoms with E-state index in [4.69, 9.17) is 4.42 Å². The van der Waals surface area contributed by atoms with Crippen LogP contribution in [0.2, 0.25) is 0 Å². The molecular weight excluding hydrogens is 356 g/mol. The van der Waals surface area contributed by atoms with Gasteiger partial charge in [-0.1, -0.05) is 30.3 Å². The smallest absolute Gasteiger partial charge is 0.347 e. The van der Waals surface area contributed by atoms with Crippen LogP contribution in [-0.2, 0) is 17.8 Å². The van der Waals surface area contributed by atoms with Crippen LogP contribution in [0.3, 0.4) is 0 Å². The molecule has 4 rings (SSSR count). The summed E-state index contributed by atoms with van der Waals surface area (Å²) in [5, 5.41) is 0. The fraction of sp³-hybridized carbons (Fsp3) is 0.333. The van der Waals surface area contributed by atoms with Crippen molar-refractivity contribution in [1.82, 2.24) is 19.4 Å². The quantitative estimate of drug-likeness (QED) is 0.680. The van der Waals surface area contributed by atoms with Crippen LogP contribution >= 0.6 is 0 Å². The highest BCUT2D eigenvalue weighted by Crippen LogP contribution is 2.27. The van der Waals surface area contributed by atoms with Crippen molar-refractivity contribution in [3.8, 4) is 0 Å². The molecule has 1 atom stereocenters. The van der Waals surface area contributed by atoms with E-state index in [-0.39, 0.29) is 18.4 Å². The maximum atomic E-state index is 12.6. The Hall–Kier alpha value is -3.22. The fourth-order valence-electron chi connectivity index (χ4n) is 3.55. The normalized spacial score (nSPS) is 16.9. The Labute approximate surface area is 162 Å².